The molecule has 6 heteroatoms. The number of para-hydroxylation sites is 1. The van der Waals surface area contributed by atoms with E-state index in [4.69, 9.17) is 9.97 Å². The van der Waals surface area contributed by atoms with Gasteiger partial charge in [0.2, 0.25) is 6.41 Å². The molecule has 2 N–H and O–H groups in total. The maximum atomic E-state index is 10.8. The van der Waals surface area contributed by atoms with Gasteiger partial charge in [-0.2, -0.15) is 0 Å². The first-order valence-corrected chi connectivity index (χ1v) is 10.1. The molecule has 3 aromatic rings. The number of H-pyrrole nitrogens is 1. The normalized spacial score (nSPS) is 11.8. The zero-order valence-corrected chi connectivity index (χ0v) is 17.9. The van der Waals surface area contributed by atoms with Gasteiger partial charge < -0.3 is 15.2 Å². The van der Waals surface area contributed by atoms with E-state index < -0.39 is 0 Å². The molecule has 1 atom stereocenters. The lowest BCUT2D eigenvalue weighted by molar-refractivity contribution is -0.109. The lowest BCUT2D eigenvalue weighted by Crippen LogP contribution is -2.20. The Morgan fingerprint density at radius 2 is 2.03 bits per heavy atom. The summed E-state index contributed by atoms with van der Waals surface area (Å²) >= 11 is 0. The second-order valence-electron chi connectivity index (χ2n) is 7.50. The Balaban J connectivity index is 2.10. The van der Waals surface area contributed by atoms with Gasteiger partial charge in [0.1, 0.15) is 5.52 Å². The summed E-state index contributed by atoms with van der Waals surface area (Å²) < 4.78 is 0. The molecule has 0 fully saturated rings. The van der Waals surface area contributed by atoms with Gasteiger partial charge in [0.25, 0.3) is 0 Å². The number of anilines is 1. The molecule has 0 aliphatic rings. The van der Waals surface area contributed by atoms with Crippen LogP contribution in [0.15, 0.2) is 49.6 Å². The van der Waals surface area contributed by atoms with Crippen LogP contribution in [0.5, 0.6) is 0 Å². The van der Waals surface area contributed by atoms with Gasteiger partial charge >= 0.3 is 0 Å². The number of aryl methyl sites for hydroxylation is 2. The van der Waals surface area contributed by atoms with Crippen LogP contribution in [-0.2, 0) is 4.79 Å². The Morgan fingerprint density at radius 1 is 1.23 bits per heavy atom. The van der Waals surface area contributed by atoms with Crippen molar-refractivity contribution in [1.29, 1.82) is 0 Å². The average molecular weight is 404 g/mol. The van der Waals surface area contributed by atoms with Gasteiger partial charge in [-0.3, -0.25) is 4.79 Å². The van der Waals surface area contributed by atoms with Crippen molar-refractivity contribution < 1.29 is 4.79 Å². The molecule has 1 aromatic carbocycles. The smallest absolute Gasteiger partial charge is 0.207 e. The minimum absolute atomic E-state index is 0.138. The molecule has 0 radical (unpaired) electrons. The largest absolute Gasteiger partial charge is 0.358 e. The number of carbonyl (C=O) groups is 1. The van der Waals surface area contributed by atoms with Crippen molar-refractivity contribution in [3.63, 3.8) is 0 Å². The summed E-state index contributed by atoms with van der Waals surface area (Å²) in [7, 11) is 1.99. The predicted octanol–water partition coefficient (Wildman–Crippen LogP) is 4.27. The van der Waals surface area contributed by atoms with Gasteiger partial charge in [-0.1, -0.05) is 24.3 Å². The molecule has 0 spiro atoms. The zero-order chi connectivity index (χ0) is 21.7. The second kappa shape index (κ2) is 9.39. The van der Waals surface area contributed by atoms with Crippen LogP contribution >= 0.6 is 0 Å². The van der Waals surface area contributed by atoms with E-state index in [9.17, 15) is 4.79 Å². The molecule has 6 nitrogen and oxygen atoms in total. The third kappa shape index (κ3) is 4.27. The van der Waals surface area contributed by atoms with E-state index in [0.29, 0.717) is 13.1 Å². The van der Waals surface area contributed by atoms with Crippen LogP contribution in [0.1, 0.15) is 29.3 Å². The molecule has 0 bridgehead atoms. The van der Waals surface area contributed by atoms with Crippen LogP contribution in [0, 0.1) is 13.8 Å². The first-order chi connectivity index (χ1) is 14.5. The lowest BCUT2D eigenvalue weighted by Gasteiger charge is -2.19. The number of hydrogen-bond acceptors (Lipinski definition) is 4. The maximum Gasteiger partial charge on any atom is 0.207 e. The summed E-state index contributed by atoms with van der Waals surface area (Å²) in [6.07, 6.45) is 5.24. The van der Waals surface area contributed by atoms with E-state index in [1.165, 1.54) is 0 Å². The van der Waals surface area contributed by atoms with Gasteiger partial charge in [-0.25, -0.2) is 9.97 Å². The monoisotopic (exact) mass is 403 g/mol. The molecule has 3 rings (SSSR count). The fourth-order valence-corrected chi connectivity index (χ4v) is 3.85. The fourth-order valence-electron chi connectivity index (χ4n) is 3.85. The molecule has 1 unspecified atom stereocenters. The first kappa shape index (κ1) is 21.3. The number of aromatic amines is 1. The van der Waals surface area contributed by atoms with Crippen LogP contribution in [0.2, 0.25) is 0 Å². The first-order valence-electron chi connectivity index (χ1n) is 10.1. The Bertz CT molecular complexity index is 1070. The molecule has 0 aliphatic heterocycles. The molecule has 0 aliphatic carbocycles. The standard InChI is InChI=1S/C24H29N5O/c1-6-9-18(14-25-15-30)22-16(3)13-21(27-22)19-10-8-11-20-23(19)28-24(17(4)26-20)29(5)12-7-2/h6-8,10-11,13,15,18,27H,1-2,9,12,14H2,3-5H3,(H,25,30). The molecule has 156 valence electrons. The number of amides is 1. The molecule has 2 aromatic heterocycles. The minimum atomic E-state index is 0.138. The number of aromatic nitrogens is 3. The summed E-state index contributed by atoms with van der Waals surface area (Å²) in [6.45, 7) is 13.0. The van der Waals surface area contributed by atoms with Crippen molar-refractivity contribution in [3.8, 4) is 11.3 Å². The molecule has 2 heterocycles. The second-order valence-corrected chi connectivity index (χ2v) is 7.50. The molecule has 30 heavy (non-hydrogen) atoms. The van der Waals surface area contributed by atoms with E-state index in [1.807, 2.05) is 43.2 Å². The summed E-state index contributed by atoms with van der Waals surface area (Å²) in [4.78, 5) is 26.2. The SMILES string of the molecule is C=CCC(CNC=O)c1[nH]c(-c2cccc3nc(C)c(N(C)CC=C)nc23)cc1C. The number of hydrogen-bond donors (Lipinski definition) is 2. The Hall–Kier alpha value is -3.41. The van der Waals surface area contributed by atoms with E-state index in [1.54, 1.807) is 0 Å². The van der Waals surface area contributed by atoms with E-state index in [2.05, 4.69) is 42.5 Å². The Morgan fingerprint density at radius 3 is 2.73 bits per heavy atom. The number of benzene rings is 1. The van der Waals surface area contributed by atoms with Crippen molar-refractivity contribution in [1.82, 2.24) is 20.3 Å². The summed E-state index contributed by atoms with van der Waals surface area (Å²) in [5, 5.41) is 2.79. The van der Waals surface area contributed by atoms with Crippen LogP contribution in [0.3, 0.4) is 0 Å². The van der Waals surface area contributed by atoms with Crippen molar-refractivity contribution in [3.05, 3.63) is 66.5 Å². The van der Waals surface area contributed by atoms with Gasteiger partial charge in [0.15, 0.2) is 5.82 Å². The van der Waals surface area contributed by atoms with Crippen LogP contribution in [0.4, 0.5) is 5.82 Å². The number of nitrogens with one attached hydrogen (secondary N) is 2. The number of likely N-dealkylation sites (N-methyl/N-ethyl adjacent to an activating group) is 1. The quantitative estimate of drug-likeness (QED) is 0.392. The highest BCUT2D eigenvalue weighted by Crippen LogP contribution is 2.32. The number of allylic oxidation sites excluding steroid dienone is 1. The molecule has 0 saturated heterocycles. The van der Waals surface area contributed by atoms with Gasteiger partial charge in [-0.15, -0.1) is 13.2 Å². The predicted molar refractivity (Wildman–Crippen MR) is 124 cm³/mol. The third-order valence-electron chi connectivity index (χ3n) is 5.26. The average Bonchev–Trinajstić information content (AvgIpc) is 3.11. The maximum absolute atomic E-state index is 10.8. The summed E-state index contributed by atoms with van der Waals surface area (Å²) in [5.41, 5.74) is 6.84. The number of fused-ring (bicyclic) bond motifs is 1. The van der Waals surface area contributed by atoms with Crippen molar-refractivity contribution in [2.45, 2.75) is 26.2 Å². The van der Waals surface area contributed by atoms with E-state index in [-0.39, 0.29) is 5.92 Å². The fraction of sp³-hybridized carbons (Fsp3) is 0.292. The lowest BCUT2D eigenvalue weighted by atomic mass is 9.99. The minimum Gasteiger partial charge on any atom is -0.358 e. The van der Waals surface area contributed by atoms with E-state index in [0.717, 1.165) is 57.9 Å². The van der Waals surface area contributed by atoms with Crippen LogP contribution in [0.25, 0.3) is 22.3 Å². The highest BCUT2D eigenvalue weighted by atomic mass is 16.1. The number of rotatable bonds is 10. The van der Waals surface area contributed by atoms with Crippen LogP contribution < -0.4 is 10.2 Å². The highest BCUT2D eigenvalue weighted by Gasteiger charge is 2.18. The number of nitrogens with zero attached hydrogens (tertiary/aromatic N) is 3. The molecular formula is C24H29N5O. The van der Waals surface area contributed by atoms with Gasteiger partial charge in [-0.05, 0) is 38.0 Å². The van der Waals surface area contributed by atoms with Gasteiger partial charge in [0.05, 0.1) is 11.2 Å². The zero-order valence-electron chi connectivity index (χ0n) is 17.9. The van der Waals surface area contributed by atoms with E-state index >= 15 is 0 Å². The molecule has 1 amide bonds. The molecule has 0 saturated carbocycles. The van der Waals surface area contributed by atoms with Crippen molar-refractivity contribution >= 4 is 23.3 Å². The van der Waals surface area contributed by atoms with Crippen molar-refractivity contribution in [2.24, 2.45) is 0 Å². The van der Waals surface area contributed by atoms with Crippen molar-refractivity contribution in [2.75, 3.05) is 25.0 Å². The third-order valence-corrected chi connectivity index (χ3v) is 5.26. The number of carbonyl (C=O) groups excluding carboxylic acids is 1. The Kier molecular flexibility index (Phi) is 6.67. The molecular weight excluding hydrogens is 374 g/mol. The summed E-state index contributed by atoms with van der Waals surface area (Å²) in [5.74, 6) is 0.983. The Labute approximate surface area is 177 Å². The highest BCUT2D eigenvalue weighted by molar-refractivity contribution is 5.91. The topological polar surface area (TPSA) is 73.9 Å². The summed E-state index contributed by atoms with van der Waals surface area (Å²) in [6, 6.07) is 8.19. The van der Waals surface area contributed by atoms with Crippen LogP contribution in [-0.4, -0.2) is 41.5 Å². The van der Waals surface area contributed by atoms with Gasteiger partial charge in [0, 0.05) is 43.0 Å².